The number of halogens is 1. The van der Waals surface area contributed by atoms with Crippen molar-refractivity contribution in [2.24, 2.45) is 5.73 Å². The highest BCUT2D eigenvalue weighted by Gasteiger charge is 2.19. The van der Waals surface area contributed by atoms with Gasteiger partial charge in [0.15, 0.2) is 5.82 Å². The fraction of sp³-hybridized carbons (Fsp3) is 0.292. The van der Waals surface area contributed by atoms with Gasteiger partial charge >= 0.3 is 0 Å². The molecule has 3 rings (SSSR count). The van der Waals surface area contributed by atoms with Gasteiger partial charge in [0.25, 0.3) is 0 Å². The summed E-state index contributed by atoms with van der Waals surface area (Å²) in [6.45, 7) is 3.96. The summed E-state index contributed by atoms with van der Waals surface area (Å²) < 4.78 is 13.1. The number of rotatable bonds is 7. The first kappa shape index (κ1) is 21.4. The van der Waals surface area contributed by atoms with Crippen molar-refractivity contribution in [3.05, 3.63) is 82.7 Å². The van der Waals surface area contributed by atoms with Crippen molar-refractivity contribution in [2.45, 2.75) is 46.0 Å². The number of nitrogens with one attached hydrogen (secondary N) is 1. The first-order valence-electron chi connectivity index (χ1n) is 10.2. The maximum atomic E-state index is 13.1. The molecule has 1 aromatic carbocycles. The summed E-state index contributed by atoms with van der Waals surface area (Å²) >= 11 is 0. The third kappa shape index (κ3) is 5.41. The first-order chi connectivity index (χ1) is 14.5. The van der Waals surface area contributed by atoms with E-state index in [2.05, 4.69) is 18.3 Å². The molecule has 0 fully saturated rings. The zero-order valence-corrected chi connectivity index (χ0v) is 17.4. The fourth-order valence-electron chi connectivity index (χ4n) is 3.28. The minimum atomic E-state index is -0.320. The number of nitrogens with zero attached hydrogens (tertiary/aromatic N) is 2. The van der Waals surface area contributed by atoms with E-state index in [-0.39, 0.29) is 18.1 Å². The summed E-state index contributed by atoms with van der Waals surface area (Å²) in [6.07, 6.45) is 11.2. The Bertz CT molecular complexity index is 1010. The van der Waals surface area contributed by atoms with Gasteiger partial charge in [-0.3, -0.25) is 4.79 Å². The molecule has 156 valence electrons. The van der Waals surface area contributed by atoms with Crippen LogP contribution in [0, 0.1) is 5.82 Å². The molecule has 3 N–H and O–H groups in total. The highest BCUT2D eigenvalue weighted by Crippen LogP contribution is 2.28. The molecular formula is C24H27FN4O. The molecule has 0 bridgehead atoms. The van der Waals surface area contributed by atoms with Gasteiger partial charge in [-0.05, 0) is 55.5 Å². The number of benzene rings is 1. The molecule has 5 nitrogen and oxygen atoms in total. The van der Waals surface area contributed by atoms with Crippen molar-refractivity contribution in [1.82, 2.24) is 9.97 Å². The minimum Gasteiger partial charge on any atom is -0.399 e. The standard InChI is InChI=1S/C24H27FN4O/c1-3-6-21-24(29-22(30)15-16-9-12-18(25)13-10-16)28-20-8-5-7-17(23(20)27-21)11-14-19(26)4-2/h4,7,9-14H,3,5-6,8,15,26H2,1-2H3,(H,28,29,30)/b14-11-,19-4+. The molecule has 1 aliphatic rings. The molecular weight excluding hydrogens is 379 g/mol. The summed E-state index contributed by atoms with van der Waals surface area (Å²) in [4.78, 5) is 22.2. The lowest BCUT2D eigenvalue weighted by atomic mass is 9.98. The van der Waals surface area contributed by atoms with E-state index in [9.17, 15) is 9.18 Å². The van der Waals surface area contributed by atoms with E-state index >= 15 is 0 Å². The van der Waals surface area contributed by atoms with Gasteiger partial charge in [-0.2, -0.15) is 0 Å². The number of anilines is 1. The second-order valence-electron chi connectivity index (χ2n) is 7.24. The number of fused-ring (bicyclic) bond motifs is 1. The van der Waals surface area contributed by atoms with Gasteiger partial charge in [0.2, 0.25) is 5.91 Å². The van der Waals surface area contributed by atoms with Gasteiger partial charge in [-0.25, -0.2) is 14.4 Å². The van der Waals surface area contributed by atoms with Gasteiger partial charge in [0, 0.05) is 5.70 Å². The van der Waals surface area contributed by atoms with Crippen LogP contribution >= 0.6 is 0 Å². The summed E-state index contributed by atoms with van der Waals surface area (Å²) in [7, 11) is 0. The van der Waals surface area contributed by atoms with E-state index in [1.54, 1.807) is 12.1 Å². The Balaban J connectivity index is 1.85. The molecule has 0 saturated carbocycles. The number of nitrogens with two attached hydrogens (primary N) is 1. The predicted octanol–water partition coefficient (Wildman–Crippen LogP) is 4.50. The topological polar surface area (TPSA) is 80.9 Å². The van der Waals surface area contributed by atoms with Crippen molar-refractivity contribution >= 4 is 17.3 Å². The maximum absolute atomic E-state index is 13.1. The lowest BCUT2D eigenvalue weighted by molar-refractivity contribution is -0.115. The number of carbonyl (C=O) groups excluding carboxylic acids is 1. The molecule has 1 heterocycles. The van der Waals surface area contributed by atoms with Crippen LogP contribution in [0.4, 0.5) is 10.2 Å². The molecule has 1 aliphatic carbocycles. The van der Waals surface area contributed by atoms with Crippen molar-refractivity contribution < 1.29 is 9.18 Å². The molecule has 1 amide bonds. The molecule has 0 unspecified atom stereocenters. The van der Waals surface area contributed by atoms with Crippen LogP contribution in [0.15, 0.2) is 54.3 Å². The Labute approximate surface area is 176 Å². The number of hydrogen-bond donors (Lipinski definition) is 2. The Hall–Kier alpha value is -3.28. The van der Waals surface area contributed by atoms with Crippen LogP contribution < -0.4 is 11.1 Å². The second kappa shape index (κ2) is 9.96. The third-order valence-corrected chi connectivity index (χ3v) is 4.87. The van der Waals surface area contributed by atoms with Gasteiger partial charge in [-0.15, -0.1) is 0 Å². The Morgan fingerprint density at radius 1 is 1.27 bits per heavy atom. The first-order valence-corrected chi connectivity index (χ1v) is 10.2. The zero-order valence-electron chi connectivity index (χ0n) is 17.4. The molecule has 6 heteroatoms. The van der Waals surface area contributed by atoms with Crippen molar-refractivity contribution in [3.63, 3.8) is 0 Å². The molecule has 0 atom stereocenters. The lowest BCUT2D eigenvalue weighted by Crippen LogP contribution is -2.19. The Kier molecular flexibility index (Phi) is 7.12. The van der Waals surface area contributed by atoms with Crippen molar-refractivity contribution in [2.75, 3.05) is 5.32 Å². The smallest absolute Gasteiger partial charge is 0.229 e. The predicted molar refractivity (Wildman–Crippen MR) is 118 cm³/mol. The average molecular weight is 407 g/mol. The van der Waals surface area contributed by atoms with E-state index in [0.29, 0.717) is 17.9 Å². The molecule has 0 spiro atoms. The zero-order chi connectivity index (χ0) is 21.5. The summed E-state index contributed by atoms with van der Waals surface area (Å²) in [6, 6.07) is 5.93. The molecule has 1 aromatic heterocycles. The number of aromatic nitrogens is 2. The fourth-order valence-corrected chi connectivity index (χ4v) is 3.28. The monoisotopic (exact) mass is 406 g/mol. The Morgan fingerprint density at radius 2 is 2.03 bits per heavy atom. The summed E-state index contributed by atoms with van der Waals surface area (Å²) in [5, 5.41) is 2.91. The lowest BCUT2D eigenvalue weighted by Gasteiger charge is -2.18. The van der Waals surface area contributed by atoms with E-state index in [0.717, 1.165) is 47.5 Å². The molecule has 2 aromatic rings. The van der Waals surface area contributed by atoms with Crippen LogP contribution in [-0.2, 0) is 24.1 Å². The number of aryl methyl sites for hydroxylation is 2. The van der Waals surface area contributed by atoms with Crippen LogP contribution in [-0.4, -0.2) is 15.9 Å². The third-order valence-electron chi connectivity index (χ3n) is 4.87. The number of allylic oxidation sites excluding steroid dienone is 5. The number of hydrogen-bond acceptors (Lipinski definition) is 4. The van der Waals surface area contributed by atoms with E-state index < -0.39 is 0 Å². The highest BCUT2D eigenvalue weighted by atomic mass is 19.1. The summed E-state index contributed by atoms with van der Waals surface area (Å²) in [5.41, 5.74) is 10.8. The summed E-state index contributed by atoms with van der Waals surface area (Å²) in [5.74, 6) is 0.000448. The van der Waals surface area contributed by atoms with Crippen LogP contribution in [0.1, 0.15) is 49.3 Å². The van der Waals surface area contributed by atoms with Crippen molar-refractivity contribution in [3.8, 4) is 0 Å². The van der Waals surface area contributed by atoms with Gasteiger partial charge in [0.05, 0.1) is 23.5 Å². The maximum Gasteiger partial charge on any atom is 0.229 e. The SMILES string of the molecule is C/C=C(N)\C=C/C1=CCCc2nc(NC(=O)Cc3ccc(F)cc3)c(CCC)nc21. The highest BCUT2D eigenvalue weighted by molar-refractivity contribution is 5.92. The van der Waals surface area contributed by atoms with Gasteiger partial charge in [0.1, 0.15) is 5.82 Å². The number of carbonyl (C=O) groups is 1. The van der Waals surface area contributed by atoms with E-state index in [1.165, 1.54) is 12.1 Å². The van der Waals surface area contributed by atoms with Crippen LogP contribution in [0.25, 0.3) is 5.57 Å². The van der Waals surface area contributed by atoms with Gasteiger partial charge in [-0.1, -0.05) is 43.7 Å². The average Bonchev–Trinajstić information content (AvgIpc) is 2.74. The Morgan fingerprint density at radius 3 is 2.73 bits per heavy atom. The number of amides is 1. The second-order valence-corrected chi connectivity index (χ2v) is 7.24. The molecule has 0 radical (unpaired) electrons. The van der Waals surface area contributed by atoms with Crippen LogP contribution in [0.5, 0.6) is 0 Å². The molecule has 30 heavy (non-hydrogen) atoms. The molecule has 0 saturated heterocycles. The van der Waals surface area contributed by atoms with Gasteiger partial charge < -0.3 is 11.1 Å². The largest absolute Gasteiger partial charge is 0.399 e. The van der Waals surface area contributed by atoms with Crippen LogP contribution in [0.3, 0.4) is 0 Å². The quantitative estimate of drug-likeness (QED) is 0.664. The normalized spacial score (nSPS) is 13.8. The molecule has 0 aliphatic heterocycles. The minimum absolute atomic E-state index is 0.154. The van der Waals surface area contributed by atoms with E-state index in [1.807, 2.05) is 25.2 Å². The van der Waals surface area contributed by atoms with Crippen LogP contribution in [0.2, 0.25) is 0 Å². The van der Waals surface area contributed by atoms with E-state index in [4.69, 9.17) is 15.7 Å². The van der Waals surface area contributed by atoms with Crippen molar-refractivity contribution in [1.29, 1.82) is 0 Å².